The fourth-order valence-electron chi connectivity index (χ4n) is 2.62. The Kier molecular flexibility index (Phi) is 7.01. The molecule has 2 N–H and O–H groups in total. The summed E-state index contributed by atoms with van der Waals surface area (Å²) in [5.74, 6) is -0.0491. The van der Waals surface area contributed by atoms with E-state index in [-0.39, 0.29) is 25.3 Å². The lowest BCUT2D eigenvalue weighted by molar-refractivity contribution is -0.137. The zero-order valence-corrected chi connectivity index (χ0v) is 15.0. The Bertz CT molecular complexity index is 715. The summed E-state index contributed by atoms with van der Waals surface area (Å²) in [5, 5.41) is 3.19. The lowest BCUT2D eigenvalue weighted by Gasteiger charge is -2.19. The van der Waals surface area contributed by atoms with Gasteiger partial charge in [-0.05, 0) is 37.6 Å². The predicted molar refractivity (Wildman–Crippen MR) is 89.9 cm³/mol. The predicted octanol–water partition coefficient (Wildman–Crippen LogP) is 1.59. The van der Waals surface area contributed by atoms with Crippen molar-refractivity contribution in [3.05, 3.63) is 29.8 Å². The Morgan fingerprint density at radius 1 is 1.23 bits per heavy atom. The first kappa shape index (κ1) is 20.7. The molecule has 0 spiro atoms. The molecule has 0 saturated carbocycles. The molecule has 0 bridgehead atoms. The number of nitrogens with zero attached hydrogens (tertiary/aromatic N) is 1. The largest absolute Gasteiger partial charge is 0.416 e. The number of hydrogen-bond acceptors (Lipinski definition) is 4. The molecule has 2 rings (SSSR count). The van der Waals surface area contributed by atoms with Crippen LogP contribution in [0.4, 0.5) is 13.2 Å². The second-order valence-electron chi connectivity index (χ2n) is 6.01. The molecule has 1 amide bonds. The number of rotatable bonds is 6. The smallest absolute Gasteiger partial charge is 0.341 e. The number of sulfonamides is 1. The summed E-state index contributed by atoms with van der Waals surface area (Å²) in [6.07, 6.45) is -3.28. The van der Waals surface area contributed by atoms with Crippen molar-refractivity contribution in [2.45, 2.75) is 30.3 Å². The average Bonchev–Trinajstić information content (AvgIpc) is 2.87. The van der Waals surface area contributed by atoms with Gasteiger partial charge in [-0.2, -0.15) is 13.2 Å². The van der Waals surface area contributed by atoms with Gasteiger partial charge in [-0.3, -0.25) is 4.79 Å². The van der Waals surface area contributed by atoms with E-state index in [1.54, 1.807) is 4.90 Å². The van der Waals surface area contributed by atoms with Crippen molar-refractivity contribution >= 4 is 15.9 Å². The van der Waals surface area contributed by atoms with Crippen molar-refractivity contribution in [3.63, 3.8) is 0 Å². The highest BCUT2D eigenvalue weighted by atomic mass is 32.2. The van der Waals surface area contributed by atoms with Crippen LogP contribution >= 0.6 is 0 Å². The maximum atomic E-state index is 12.7. The molecule has 1 fully saturated rings. The van der Waals surface area contributed by atoms with Crippen LogP contribution in [0, 0.1) is 0 Å². The third-order valence-electron chi connectivity index (χ3n) is 4.02. The second kappa shape index (κ2) is 8.83. The average molecular weight is 393 g/mol. The molecule has 0 aromatic heterocycles. The molecular weight excluding hydrogens is 371 g/mol. The van der Waals surface area contributed by atoms with E-state index in [0.717, 1.165) is 37.7 Å². The third kappa shape index (κ3) is 5.96. The van der Waals surface area contributed by atoms with Crippen LogP contribution in [0.15, 0.2) is 29.2 Å². The van der Waals surface area contributed by atoms with E-state index in [2.05, 4.69) is 10.0 Å². The minimum atomic E-state index is -4.61. The van der Waals surface area contributed by atoms with Crippen LogP contribution in [0.5, 0.6) is 0 Å². The molecule has 1 heterocycles. The van der Waals surface area contributed by atoms with Gasteiger partial charge in [0.05, 0.1) is 10.5 Å². The number of benzene rings is 1. The van der Waals surface area contributed by atoms with Gasteiger partial charge in [0.2, 0.25) is 15.9 Å². The SMILES string of the molecule is O=C(CCCNS(=O)(=O)c1cccc(C(F)(F)F)c1)N1CCCNCC1. The topological polar surface area (TPSA) is 78.5 Å². The molecule has 0 radical (unpaired) electrons. The zero-order valence-electron chi connectivity index (χ0n) is 14.2. The van der Waals surface area contributed by atoms with E-state index >= 15 is 0 Å². The fourth-order valence-corrected chi connectivity index (χ4v) is 3.74. The Hall–Kier alpha value is -1.65. The van der Waals surface area contributed by atoms with Crippen molar-refractivity contribution in [1.82, 2.24) is 14.9 Å². The van der Waals surface area contributed by atoms with Crippen molar-refractivity contribution in [2.24, 2.45) is 0 Å². The minimum Gasteiger partial charge on any atom is -0.341 e. The summed E-state index contributed by atoms with van der Waals surface area (Å²) in [6.45, 7) is 2.86. The molecule has 1 saturated heterocycles. The van der Waals surface area contributed by atoms with Gasteiger partial charge < -0.3 is 10.2 Å². The van der Waals surface area contributed by atoms with Gasteiger partial charge >= 0.3 is 6.18 Å². The summed E-state index contributed by atoms with van der Waals surface area (Å²) in [6, 6.07) is 3.56. The van der Waals surface area contributed by atoms with Gasteiger partial charge in [-0.1, -0.05) is 6.07 Å². The van der Waals surface area contributed by atoms with Crippen LogP contribution in [0.2, 0.25) is 0 Å². The van der Waals surface area contributed by atoms with Gasteiger partial charge in [0, 0.05) is 32.6 Å². The molecule has 0 atom stereocenters. The van der Waals surface area contributed by atoms with E-state index < -0.39 is 26.7 Å². The number of halogens is 3. The molecule has 1 aromatic rings. The molecule has 26 heavy (non-hydrogen) atoms. The lowest BCUT2D eigenvalue weighted by atomic mass is 10.2. The van der Waals surface area contributed by atoms with Gasteiger partial charge in [0.15, 0.2) is 0 Å². The second-order valence-corrected chi connectivity index (χ2v) is 7.78. The molecule has 1 aliphatic rings. The number of nitrogens with one attached hydrogen (secondary N) is 2. The Labute approximate surface area is 150 Å². The Balaban J connectivity index is 1.85. The van der Waals surface area contributed by atoms with Gasteiger partial charge in [-0.15, -0.1) is 0 Å². The number of alkyl halides is 3. The maximum Gasteiger partial charge on any atom is 0.416 e. The summed E-state index contributed by atoms with van der Waals surface area (Å²) in [5.41, 5.74) is -1.02. The Morgan fingerprint density at radius 2 is 2.00 bits per heavy atom. The van der Waals surface area contributed by atoms with Crippen molar-refractivity contribution in [1.29, 1.82) is 0 Å². The van der Waals surface area contributed by atoms with E-state index in [4.69, 9.17) is 0 Å². The summed E-state index contributed by atoms with van der Waals surface area (Å²) in [7, 11) is -4.06. The molecule has 146 valence electrons. The van der Waals surface area contributed by atoms with E-state index in [9.17, 15) is 26.4 Å². The minimum absolute atomic E-state index is 0.0175. The third-order valence-corrected chi connectivity index (χ3v) is 5.48. The van der Waals surface area contributed by atoms with Crippen LogP contribution in [0.3, 0.4) is 0 Å². The van der Waals surface area contributed by atoms with E-state index in [1.807, 2.05) is 0 Å². The lowest BCUT2D eigenvalue weighted by Crippen LogP contribution is -2.34. The summed E-state index contributed by atoms with van der Waals surface area (Å²) < 4.78 is 64.6. The standard InChI is InChI=1S/C16H22F3N3O3S/c17-16(18,19)13-4-1-5-14(12-13)26(24,25)21-8-2-6-15(23)22-10-3-7-20-9-11-22/h1,4-5,12,20-21H,2-3,6-11H2. The summed E-state index contributed by atoms with van der Waals surface area (Å²) >= 11 is 0. The van der Waals surface area contributed by atoms with Crippen LogP contribution in [-0.2, 0) is 21.0 Å². The molecule has 6 nitrogen and oxygen atoms in total. The number of hydrogen-bond donors (Lipinski definition) is 2. The molecule has 10 heteroatoms. The zero-order chi connectivity index (χ0) is 19.2. The van der Waals surface area contributed by atoms with Crippen LogP contribution in [0.1, 0.15) is 24.8 Å². The van der Waals surface area contributed by atoms with Gasteiger partial charge in [0.1, 0.15) is 0 Å². The monoisotopic (exact) mass is 393 g/mol. The molecule has 0 unspecified atom stereocenters. The van der Waals surface area contributed by atoms with E-state index in [1.165, 1.54) is 0 Å². The number of carbonyl (C=O) groups is 1. The maximum absolute atomic E-state index is 12.7. The van der Waals surface area contributed by atoms with Gasteiger partial charge in [-0.25, -0.2) is 13.1 Å². The highest BCUT2D eigenvalue weighted by Gasteiger charge is 2.31. The van der Waals surface area contributed by atoms with E-state index in [0.29, 0.717) is 19.2 Å². The van der Waals surface area contributed by atoms with Crippen LogP contribution < -0.4 is 10.0 Å². The quantitative estimate of drug-likeness (QED) is 0.720. The Morgan fingerprint density at radius 3 is 2.73 bits per heavy atom. The first-order valence-electron chi connectivity index (χ1n) is 8.35. The normalized spacial score (nSPS) is 16.3. The number of carbonyl (C=O) groups excluding carboxylic acids is 1. The molecule has 1 aliphatic heterocycles. The highest BCUT2D eigenvalue weighted by molar-refractivity contribution is 7.89. The molecule has 0 aliphatic carbocycles. The van der Waals surface area contributed by atoms with Gasteiger partial charge in [0.25, 0.3) is 0 Å². The van der Waals surface area contributed by atoms with Crippen molar-refractivity contribution in [3.8, 4) is 0 Å². The fraction of sp³-hybridized carbons (Fsp3) is 0.562. The first-order valence-corrected chi connectivity index (χ1v) is 9.84. The molecular formula is C16H22F3N3O3S. The van der Waals surface area contributed by atoms with Crippen LogP contribution in [0.25, 0.3) is 0 Å². The summed E-state index contributed by atoms with van der Waals surface area (Å²) in [4.78, 5) is 13.4. The van der Waals surface area contributed by atoms with Crippen molar-refractivity contribution in [2.75, 3.05) is 32.7 Å². The van der Waals surface area contributed by atoms with Crippen molar-refractivity contribution < 1.29 is 26.4 Å². The highest BCUT2D eigenvalue weighted by Crippen LogP contribution is 2.30. The first-order chi connectivity index (χ1) is 12.2. The number of amides is 1. The molecule has 1 aromatic carbocycles. The van der Waals surface area contributed by atoms with Crippen LogP contribution in [-0.4, -0.2) is 51.9 Å².